The summed E-state index contributed by atoms with van der Waals surface area (Å²) in [7, 11) is 1.43. The number of ether oxygens (including phenoxy) is 1. The predicted octanol–water partition coefficient (Wildman–Crippen LogP) is 2.24. The molecule has 0 aliphatic carbocycles. The molecule has 1 saturated heterocycles. The number of para-hydroxylation sites is 1. The topological polar surface area (TPSA) is 49.9 Å². The van der Waals surface area contributed by atoms with Gasteiger partial charge in [-0.3, -0.25) is 9.59 Å². The van der Waals surface area contributed by atoms with Gasteiger partial charge in [-0.1, -0.05) is 18.2 Å². The fourth-order valence-electron chi connectivity index (χ4n) is 3.78. The standard InChI is InChI=1S/C19H26N2O3/c1-14-7-8-15-5-3-4-6-17(15)21(14)13-18(22)20-11-9-16(10-12-20)19(23)24-2/h3-6,14,16H,7-13H2,1-2H3. The van der Waals surface area contributed by atoms with Crippen molar-refractivity contribution in [2.75, 3.05) is 31.6 Å². The first-order valence-electron chi connectivity index (χ1n) is 8.80. The third-order valence-corrected chi connectivity index (χ3v) is 5.35. The first-order chi connectivity index (χ1) is 11.6. The molecule has 1 amide bonds. The average molecular weight is 330 g/mol. The van der Waals surface area contributed by atoms with Crippen LogP contribution >= 0.6 is 0 Å². The molecule has 0 saturated carbocycles. The minimum atomic E-state index is -0.152. The maximum absolute atomic E-state index is 12.7. The molecule has 0 radical (unpaired) electrons. The van der Waals surface area contributed by atoms with E-state index in [9.17, 15) is 9.59 Å². The summed E-state index contributed by atoms with van der Waals surface area (Å²) in [4.78, 5) is 28.5. The molecule has 0 spiro atoms. The Kier molecular flexibility index (Phi) is 5.07. The Morgan fingerprint density at radius 3 is 2.58 bits per heavy atom. The maximum atomic E-state index is 12.7. The van der Waals surface area contributed by atoms with E-state index in [4.69, 9.17) is 4.74 Å². The molecule has 0 N–H and O–H groups in total. The van der Waals surface area contributed by atoms with Crippen LogP contribution in [0.3, 0.4) is 0 Å². The van der Waals surface area contributed by atoms with E-state index in [1.165, 1.54) is 18.4 Å². The molecule has 1 unspecified atom stereocenters. The molecule has 1 fully saturated rings. The summed E-state index contributed by atoms with van der Waals surface area (Å²) in [6.45, 7) is 3.89. The van der Waals surface area contributed by atoms with Crippen LogP contribution < -0.4 is 4.90 Å². The molecule has 1 aromatic rings. The van der Waals surface area contributed by atoms with Gasteiger partial charge in [0.05, 0.1) is 19.6 Å². The fraction of sp³-hybridized carbons (Fsp3) is 0.579. The van der Waals surface area contributed by atoms with Crippen molar-refractivity contribution in [2.45, 2.75) is 38.6 Å². The lowest BCUT2D eigenvalue weighted by Crippen LogP contribution is -2.48. The number of hydrogen-bond donors (Lipinski definition) is 0. The van der Waals surface area contributed by atoms with Gasteiger partial charge < -0.3 is 14.5 Å². The van der Waals surface area contributed by atoms with Crippen LogP contribution in [0.2, 0.25) is 0 Å². The highest BCUT2D eigenvalue weighted by atomic mass is 16.5. The molecular formula is C19H26N2O3. The second-order valence-electron chi connectivity index (χ2n) is 6.82. The van der Waals surface area contributed by atoms with Crippen LogP contribution in [0, 0.1) is 5.92 Å². The van der Waals surface area contributed by atoms with Gasteiger partial charge in [0.2, 0.25) is 5.91 Å². The van der Waals surface area contributed by atoms with E-state index in [1.807, 2.05) is 11.0 Å². The third kappa shape index (κ3) is 3.40. The Morgan fingerprint density at radius 2 is 1.88 bits per heavy atom. The van der Waals surface area contributed by atoms with Gasteiger partial charge in [0.15, 0.2) is 0 Å². The van der Waals surface area contributed by atoms with Gasteiger partial charge in [0.1, 0.15) is 0 Å². The normalized spacial score (nSPS) is 21.3. The molecule has 2 aliphatic rings. The number of aryl methyl sites for hydroxylation is 1. The Labute approximate surface area is 143 Å². The Balaban J connectivity index is 1.62. The number of hydrogen-bond acceptors (Lipinski definition) is 4. The largest absolute Gasteiger partial charge is 0.469 e. The number of nitrogens with zero attached hydrogens (tertiary/aromatic N) is 2. The monoisotopic (exact) mass is 330 g/mol. The summed E-state index contributed by atoms with van der Waals surface area (Å²) in [6, 6.07) is 8.74. The fourth-order valence-corrected chi connectivity index (χ4v) is 3.78. The average Bonchev–Trinajstić information content (AvgIpc) is 2.63. The lowest BCUT2D eigenvalue weighted by molar-refractivity contribution is -0.148. The molecular weight excluding hydrogens is 304 g/mol. The van der Waals surface area contributed by atoms with Crippen molar-refractivity contribution in [3.63, 3.8) is 0 Å². The summed E-state index contributed by atoms with van der Waals surface area (Å²) < 4.78 is 4.81. The quantitative estimate of drug-likeness (QED) is 0.798. The number of piperidine rings is 1. The van der Waals surface area contributed by atoms with Crippen molar-refractivity contribution in [1.29, 1.82) is 0 Å². The first-order valence-corrected chi connectivity index (χ1v) is 8.80. The van der Waals surface area contributed by atoms with Gasteiger partial charge >= 0.3 is 5.97 Å². The van der Waals surface area contributed by atoms with E-state index in [1.54, 1.807) is 0 Å². The van der Waals surface area contributed by atoms with Crippen LogP contribution in [0.15, 0.2) is 24.3 Å². The second kappa shape index (κ2) is 7.24. The minimum absolute atomic E-state index is 0.0614. The molecule has 5 heteroatoms. The van der Waals surface area contributed by atoms with Crippen LogP contribution in [0.25, 0.3) is 0 Å². The number of fused-ring (bicyclic) bond motifs is 1. The number of amides is 1. The van der Waals surface area contributed by atoms with Crippen molar-refractivity contribution in [3.8, 4) is 0 Å². The maximum Gasteiger partial charge on any atom is 0.308 e. The lowest BCUT2D eigenvalue weighted by Gasteiger charge is -2.39. The van der Waals surface area contributed by atoms with Gasteiger partial charge in [0.25, 0.3) is 0 Å². The molecule has 5 nitrogen and oxygen atoms in total. The van der Waals surface area contributed by atoms with E-state index in [0.29, 0.717) is 38.5 Å². The summed E-state index contributed by atoms with van der Waals surface area (Å²) >= 11 is 0. The molecule has 1 atom stereocenters. The summed E-state index contributed by atoms with van der Waals surface area (Å²) in [6.07, 6.45) is 3.55. The van der Waals surface area contributed by atoms with Gasteiger partial charge in [-0.05, 0) is 44.2 Å². The van der Waals surface area contributed by atoms with Crippen LogP contribution in [-0.4, -0.2) is 49.6 Å². The molecule has 1 aromatic carbocycles. The summed E-state index contributed by atoms with van der Waals surface area (Å²) in [5, 5.41) is 0. The van der Waals surface area contributed by atoms with Gasteiger partial charge in [-0.2, -0.15) is 0 Å². The van der Waals surface area contributed by atoms with Crippen molar-refractivity contribution in [2.24, 2.45) is 5.92 Å². The molecule has 2 aliphatic heterocycles. The Morgan fingerprint density at radius 1 is 1.17 bits per heavy atom. The van der Waals surface area contributed by atoms with Crippen molar-refractivity contribution in [1.82, 2.24) is 4.90 Å². The number of rotatable bonds is 3. The van der Waals surface area contributed by atoms with Crippen LogP contribution in [0.4, 0.5) is 5.69 Å². The van der Waals surface area contributed by atoms with E-state index >= 15 is 0 Å². The second-order valence-corrected chi connectivity index (χ2v) is 6.82. The predicted molar refractivity (Wildman–Crippen MR) is 92.9 cm³/mol. The summed E-state index contributed by atoms with van der Waals surface area (Å²) in [5.74, 6) is -0.0590. The number of carbonyl (C=O) groups is 2. The Hall–Kier alpha value is -2.04. The molecule has 2 heterocycles. The highest BCUT2D eigenvalue weighted by Crippen LogP contribution is 2.30. The van der Waals surface area contributed by atoms with Crippen molar-refractivity contribution < 1.29 is 14.3 Å². The molecule has 0 bridgehead atoms. The molecule has 130 valence electrons. The number of esters is 1. The van der Waals surface area contributed by atoms with Crippen molar-refractivity contribution >= 4 is 17.6 Å². The van der Waals surface area contributed by atoms with E-state index in [-0.39, 0.29) is 17.8 Å². The molecule has 24 heavy (non-hydrogen) atoms. The van der Waals surface area contributed by atoms with Crippen LogP contribution in [0.1, 0.15) is 31.7 Å². The minimum Gasteiger partial charge on any atom is -0.469 e. The number of likely N-dealkylation sites (tertiary alicyclic amines) is 1. The SMILES string of the molecule is COC(=O)C1CCN(C(=O)CN2c3ccccc3CCC2C)CC1. The highest BCUT2D eigenvalue weighted by Gasteiger charge is 2.30. The zero-order chi connectivity index (χ0) is 17.1. The number of benzene rings is 1. The number of anilines is 1. The van der Waals surface area contributed by atoms with Crippen LogP contribution in [0.5, 0.6) is 0 Å². The van der Waals surface area contributed by atoms with Gasteiger partial charge in [-0.15, -0.1) is 0 Å². The molecule has 3 rings (SSSR count). The zero-order valence-electron chi connectivity index (χ0n) is 14.5. The smallest absolute Gasteiger partial charge is 0.308 e. The van der Waals surface area contributed by atoms with Gasteiger partial charge in [-0.25, -0.2) is 0 Å². The Bertz CT molecular complexity index is 608. The third-order valence-electron chi connectivity index (χ3n) is 5.35. The van der Waals surface area contributed by atoms with E-state index < -0.39 is 0 Å². The number of carbonyl (C=O) groups excluding carboxylic acids is 2. The lowest BCUT2D eigenvalue weighted by atomic mass is 9.95. The zero-order valence-corrected chi connectivity index (χ0v) is 14.5. The van der Waals surface area contributed by atoms with Gasteiger partial charge in [0, 0.05) is 24.8 Å². The van der Waals surface area contributed by atoms with Crippen molar-refractivity contribution in [3.05, 3.63) is 29.8 Å². The first kappa shape index (κ1) is 16.8. The number of methoxy groups -OCH3 is 1. The highest BCUT2D eigenvalue weighted by molar-refractivity contribution is 5.82. The van der Waals surface area contributed by atoms with Crippen LogP contribution in [-0.2, 0) is 20.7 Å². The summed E-state index contributed by atoms with van der Waals surface area (Å²) in [5.41, 5.74) is 2.52. The van der Waals surface area contributed by atoms with E-state index in [0.717, 1.165) is 12.8 Å². The molecule has 0 aromatic heterocycles. The van der Waals surface area contributed by atoms with E-state index in [2.05, 4.69) is 30.0 Å².